The highest BCUT2D eigenvalue weighted by atomic mass is 16.4. The summed E-state index contributed by atoms with van der Waals surface area (Å²) in [6.45, 7) is 6.77. The van der Waals surface area contributed by atoms with Crippen LogP contribution in [-0.4, -0.2) is 28.7 Å². The van der Waals surface area contributed by atoms with Gasteiger partial charge in [-0.2, -0.15) is 0 Å². The molecule has 0 aliphatic rings. The summed E-state index contributed by atoms with van der Waals surface area (Å²) in [7, 11) is 0. The molecule has 0 aromatic carbocycles. The third kappa shape index (κ3) is 12.4. The lowest BCUT2D eigenvalue weighted by atomic mass is 10.1. The van der Waals surface area contributed by atoms with Crippen LogP contribution in [0.4, 0.5) is 0 Å². The van der Waals surface area contributed by atoms with Crippen LogP contribution in [0, 0.1) is 5.92 Å². The van der Waals surface area contributed by atoms with Crippen molar-refractivity contribution in [1.29, 1.82) is 0 Å². The Morgan fingerprint density at radius 1 is 1.44 bits per heavy atom. The second-order valence-electron chi connectivity index (χ2n) is 3.42. The molecule has 0 rings (SSSR count). The van der Waals surface area contributed by atoms with Gasteiger partial charge in [-0.25, -0.2) is 4.79 Å². The molecule has 0 aromatic heterocycles. The van der Waals surface area contributed by atoms with Crippen LogP contribution in [-0.2, 0) is 9.59 Å². The molecule has 0 aliphatic heterocycles. The Hall–Kier alpha value is -1.62. The number of nitrogens with two attached hydrogens (primary N) is 1. The molecule has 0 atom stereocenters. The van der Waals surface area contributed by atoms with E-state index in [9.17, 15) is 9.59 Å². The number of rotatable bonds is 5. The monoisotopic (exact) mass is 229 g/mol. The molecule has 0 fully saturated rings. The van der Waals surface area contributed by atoms with Crippen molar-refractivity contribution in [3.8, 4) is 0 Å². The van der Waals surface area contributed by atoms with Gasteiger partial charge < -0.3 is 15.9 Å². The molecule has 0 saturated carbocycles. The second-order valence-corrected chi connectivity index (χ2v) is 3.42. The van der Waals surface area contributed by atoms with Crippen molar-refractivity contribution in [1.82, 2.24) is 0 Å². The molecule has 92 valence electrons. The fourth-order valence-electron chi connectivity index (χ4n) is 0.621. The predicted molar refractivity (Wildman–Crippen MR) is 61.7 cm³/mol. The first kappa shape index (κ1) is 16.8. The first-order valence-electron chi connectivity index (χ1n) is 4.80. The molecule has 0 spiro atoms. The van der Waals surface area contributed by atoms with Gasteiger partial charge in [-0.05, 0) is 12.3 Å². The van der Waals surface area contributed by atoms with Gasteiger partial charge in [-0.15, -0.1) is 0 Å². The topological polar surface area (TPSA) is 101 Å². The van der Waals surface area contributed by atoms with Gasteiger partial charge in [0.05, 0.1) is 6.61 Å². The number of primary amides is 1. The van der Waals surface area contributed by atoms with Crippen LogP contribution in [0.15, 0.2) is 24.3 Å². The van der Waals surface area contributed by atoms with Crippen molar-refractivity contribution in [3.05, 3.63) is 24.3 Å². The van der Waals surface area contributed by atoms with Crippen molar-refractivity contribution in [2.75, 3.05) is 6.61 Å². The van der Waals surface area contributed by atoms with Crippen molar-refractivity contribution in [2.24, 2.45) is 11.7 Å². The number of hydrogen-bond acceptors (Lipinski definition) is 3. The highest BCUT2D eigenvalue weighted by Crippen LogP contribution is 2.03. The summed E-state index contributed by atoms with van der Waals surface area (Å²) in [5.41, 5.74) is 5.27. The zero-order valence-electron chi connectivity index (χ0n) is 9.64. The number of hydrogen-bond donors (Lipinski definition) is 3. The van der Waals surface area contributed by atoms with Gasteiger partial charge >= 0.3 is 5.97 Å². The second kappa shape index (κ2) is 9.92. The molecule has 5 nitrogen and oxygen atoms in total. The quantitative estimate of drug-likeness (QED) is 0.604. The minimum atomic E-state index is -0.981. The number of amides is 1. The molecule has 16 heavy (non-hydrogen) atoms. The summed E-state index contributed by atoms with van der Waals surface area (Å²) >= 11 is 0. The van der Waals surface area contributed by atoms with E-state index in [0.717, 1.165) is 12.5 Å². The zero-order chi connectivity index (χ0) is 13.1. The van der Waals surface area contributed by atoms with E-state index in [4.69, 9.17) is 15.9 Å². The van der Waals surface area contributed by atoms with Gasteiger partial charge in [0.2, 0.25) is 5.91 Å². The molecule has 0 aromatic rings. The Bertz CT molecular complexity index is 269. The van der Waals surface area contributed by atoms with E-state index in [1.807, 2.05) is 13.8 Å². The Labute approximate surface area is 95.3 Å². The summed E-state index contributed by atoms with van der Waals surface area (Å²) in [6.07, 6.45) is 3.30. The number of allylic oxidation sites excluding steroid dienone is 1. The molecule has 0 unspecified atom stereocenters. The summed E-state index contributed by atoms with van der Waals surface area (Å²) in [6, 6.07) is 0. The minimum absolute atomic E-state index is 0.262. The third-order valence-corrected chi connectivity index (χ3v) is 1.50. The molecule has 0 bridgehead atoms. The Morgan fingerprint density at radius 3 is 2.06 bits per heavy atom. The van der Waals surface area contributed by atoms with Gasteiger partial charge in [0, 0.05) is 11.6 Å². The van der Waals surface area contributed by atoms with Crippen molar-refractivity contribution >= 4 is 11.9 Å². The maximum absolute atomic E-state index is 10.5. The van der Waals surface area contributed by atoms with Crippen molar-refractivity contribution in [3.63, 3.8) is 0 Å². The van der Waals surface area contributed by atoms with Gasteiger partial charge in [0.15, 0.2) is 0 Å². The summed E-state index contributed by atoms with van der Waals surface area (Å²) in [5, 5.41) is 16.2. The molecule has 1 amide bonds. The zero-order valence-corrected chi connectivity index (χ0v) is 9.64. The van der Waals surface area contributed by atoms with Crippen LogP contribution in [0.5, 0.6) is 0 Å². The highest BCUT2D eigenvalue weighted by molar-refractivity contribution is 5.92. The highest BCUT2D eigenvalue weighted by Gasteiger charge is 2.01. The van der Waals surface area contributed by atoms with E-state index >= 15 is 0 Å². The molecular weight excluding hydrogens is 210 g/mol. The summed E-state index contributed by atoms with van der Waals surface area (Å²) in [5.74, 6) is -1.03. The fraction of sp³-hybridized carbons (Fsp3) is 0.455. The number of carboxylic acids is 1. The van der Waals surface area contributed by atoms with E-state index in [0.29, 0.717) is 11.5 Å². The summed E-state index contributed by atoms with van der Waals surface area (Å²) in [4.78, 5) is 19.8. The molecule has 0 radical (unpaired) electrons. The number of aliphatic carboxylic acids is 1. The lowest BCUT2D eigenvalue weighted by molar-refractivity contribution is -0.131. The van der Waals surface area contributed by atoms with Crippen molar-refractivity contribution in [2.45, 2.75) is 20.3 Å². The molecule has 5 heteroatoms. The number of carbonyl (C=O) groups is 2. The molecule has 0 aliphatic carbocycles. The fourth-order valence-corrected chi connectivity index (χ4v) is 0.621. The average Bonchev–Trinajstić information content (AvgIpc) is 2.18. The first-order valence-corrected chi connectivity index (χ1v) is 4.80. The smallest absolute Gasteiger partial charge is 0.327 e. The normalized spacial score (nSPS) is 10.4. The molecule has 0 heterocycles. The Morgan fingerprint density at radius 2 is 1.88 bits per heavy atom. The standard InChI is InChI=1S/C8H15NO2.C3H4O2/c1-6(2)3-4-7(5-10)8(9)11;1-2-3(4)5/h4,6,10H,3,5H2,1-2H3,(H2,9,11);2H,1H2,(H,4,5). The molecule has 4 N–H and O–H groups in total. The van der Waals surface area contributed by atoms with Crippen LogP contribution in [0.2, 0.25) is 0 Å². The van der Waals surface area contributed by atoms with E-state index in [-0.39, 0.29) is 6.61 Å². The average molecular weight is 229 g/mol. The lowest BCUT2D eigenvalue weighted by Crippen LogP contribution is -2.16. The maximum Gasteiger partial charge on any atom is 0.327 e. The lowest BCUT2D eigenvalue weighted by Gasteiger charge is -2.00. The van der Waals surface area contributed by atoms with E-state index < -0.39 is 11.9 Å². The van der Waals surface area contributed by atoms with Gasteiger partial charge in [0.25, 0.3) is 0 Å². The van der Waals surface area contributed by atoms with Crippen LogP contribution < -0.4 is 5.73 Å². The Kier molecular flexibility index (Phi) is 10.4. The summed E-state index contributed by atoms with van der Waals surface area (Å²) < 4.78 is 0. The van der Waals surface area contributed by atoms with E-state index in [1.165, 1.54) is 0 Å². The number of carboxylic acid groups (broad SMARTS) is 1. The van der Waals surface area contributed by atoms with Gasteiger partial charge in [-0.3, -0.25) is 4.79 Å². The third-order valence-electron chi connectivity index (χ3n) is 1.50. The van der Waals surface area contributed by atoms with Crippen LogP contribution >= 0.6 is 0 Å². The van der Waals surface area contributed by atoms with Gasteiger partial charge in [-0.1, -0.05) is 26.5 Å². The van der Waals surface area contributed by atoms with Crippen LogP contribution in [0.1, 0.15) is 20.3 Å². The molecular formula is C11H19NO4. The predicted octanol–water partition coefficient (Wildman–Crippen LogP) is 0.694. The maximum atomic E-state index is 10.5. The van der Waals surface area contributed by atoms with Gasteiger partial charge in [0.1, 0.15) is 0 Å². The minimum Gasteiger partial charge on any atom is -0.478 e. The van der Waals surface area contributed by atoms with Crippen molar-refractivity contribution < 1.29 is 19.8 Å². The van der Waals surface area contributed by atoms with E-state index in [2.05, 4.69) is 6.58 Å². The number of aliphatic hydroxyl groups is 1. The van der Waals surface area contributed by atoms with E-state index in [1.54, 1.807) is 6.08 Å². The van der Waals surface area contributed by atoms with Crippen LogP contribution in [0.3, 0.4) is 0 Å². The first-order chi connectivity index (χ1) is 7.34. The number of carbonyl (C=O) groups excluding carboxylic acids is 1. The SMILES string of the molecule is C=CC(=O)O.CC(C)CC=C(CO)C(N)=O. The largest absolute Gasteiger partial charge is 0.478 e. The Balaban J connectivity index is 0. The molecule has 0 saturated heterocycles. The number of aliphatic hydroxyl groups excluding tert-OH is 1. The van der Waals surface area contributed by atoms with Crippen LogP contribution in [0.25, 0.3) is 0 Å².